The average molecular weight is 149 g/mol. The molecular weight excluding hydrogens is 137 g/mol. The summed E-state index contributed by atoms with van der Waals surface area (Å²) in [5, 5.41) is 20.3. The molecule has 10 heavy (non-hydrogen) atoms. The van der Waals surface area contributed by atoms with Gasteiger partial charge in [0, 0.05) is 6.54 Å². The zero-order chi connectivity index (χ0) is 7.78. The second kappa shape index (κ2) is 2.45. The quantitative estimate of drug-likeness (QED) is 0.450. The fourth-order valence-corrected chi connectivity index (χ4v) is 1.11. The first kappa shape index (κ1) is 7.91. The maximum absolute atomic E-state index is 12.9. The summed E-state index contributed by atoms with van der Waals surface area (Å²) in [6.45, 7) is 1.48. The van der Waals surface area contributed by atoms with Crippen LogP contribution < -0.4 is 5.32 Å². The first-order valence-electron chi connectivity index (χ1n) is 3.28. The van der Waals surface area contributed by atoms with Gasteiger partial charge in [-0.05, 0) is 6.92 Å². The van der Waals surface area contributed by atoms with E-state index in [1.165, 1.54) is 0 Å². The topological polar surface area (TPSA) is 52.5 Å². The van der Waals surface area contributed by atoms with Crippen molar-refractivity contribution in [1.29, 1.82) is 0 Å². The lowest BCUT2D eigenvalue weighted by molar-refractivity contribution is 0.0571. The Bertz CT molecular complexity index is 133. The van der Waals surface area contributed by atoms with Crippen LogP contribution in [-0.4, -0.2) is 41.2 Å². The number of alkyl halides is 1. The molecule has 3 nitrogen and oxygen atoms in total. The highest BCUT2D eigenvalue weighted by Gasteiger charge is 2.44. The summed E-state index contributed by atoms with van der Waals surface area (Å²) in [5.41, 5.74) is -0.945. The Labute approximate surface area is 58.9 Å². The zero-order valence-electron chi connectivity index (χ0n) is 5.84. The van der Waals surface area contributed by atoms with Gasteiger partial charge in [-0.2, -0.15) is 0 Å². The molecule has 4 heteroatoms. The molecule has 0 aromatic carbocycles. The first-order valence-corrected chi connectivity index (χ1v) is 3.28. The molecule has 0 bridgehead atoms. The molecule has 0 aromatic heterocycles. The summed E-state index contributed by atoms with van der Waals surface area (Å²) in [5.74, 6) is 0. The Morgan fingerprint density at radius 1 is 1.80 bits per heavy atom. The van der Waals surface area contributed by atoms with E-state index < -0.39 is 17.8 Å². The molecule has 1 saturated heterocycles. The largest absolute Gasteiger partial charge is 0.394 e. The van der Waals surface area contributed by atoms with Crippen molar-refractivity contribution in [2.45, 2.75) is 24.7 Å². The van der Waals surface area contributed by atoms with Gasteiger partial charge in [0.25, 0.3) is 0 Å². The van der Waals surface area contributed by atoms with Gasteiger partial charge in [-0.15, -0.1) is 0 Å². The van der Waals surface area contributed by atoms with Crippen LogP contribution in [0.15, 0.2) is 0 Å². The minimum atomic E-state index is -1.36. The summed E-state index contributed by atoms with van der Waals surface area (Å²) in [7, 11) is 0. The normalized spacial score (nSPS) is 48.0. The Morgan fingerprint density at radius 3 is 2.60 bits per heavy atom. The van der Waals surface area contributed by atoms with Gasteiger partial charge in [0.05, 0.1) is 18.2 Å². The van der Waals surface area contributed by atoms with Gasteiger partial charge in [-0.3, -0.25) is 0 Å². The highest BCUT2D eigenvalue weighted by atomic mass is 19.1. The molecule has 0 unspecified atom stereocenters. The van der Waals surface area contributed by atoms with Crippen LogP contribution in [0.2, 0.25) is 0 Å². The van der Waals surface area contributed by atoms with E-state index in [2.05, 4.69) is 5.32 Å². The van der Waals surface area contributed by atoms with E-state index in [0.717, 1.165) is 0 Å². The summed E-state index contributed by atoms with van der Waals surface area (Å²) in [6, 6.07) is 0. The maximum atomic E-state index is 12.9. The van der Waals surface area contributed by atoms with Crippen LogP contribution in [0.4, 0.5) is 4.39 Å². The Hall–Kier alpha value is -0.190. The van der Waals surface area contributed by atoms with Crippen molar-refractivity contribution in [2.24, 2.45) is 0 Å². The van der Waals surface area contributed by atoms with Crippen LogP contribution in [0, 0.1) is 0 Å². The molecule has 3 atom stereocenters. The van der Waals surface area contributed by atoms with Gasteiger partial charge in [0.15, 0.2) is 0 Å². The van der Waals surface area contributed by atoms with E-state index in [0.29, 0.717) is 0 Å². The standard InChI is InChI=1S/C6H12FNO2/c1-6(3-9)5(7)4(10)2-8-6/h4-5,8-10H,2-3H2,1H3/t4-,5+,6-/m0/s1. The Kier molecular flexibility index (Phi) is 1.94. The number of aliphatic hydroxyl groups is 2. The van der Waals surface area contributed by atoms with Crippen LogP contribution >= 0.6 is 0 Å². The molecule has 1 heterocycles. The number of β-amino-alcohol motifs (C(OH)–C–C–N with tert-alkyl or cyclic N) is 1. The molecule has 0 amide bonds. The van der Waals surface area contributed by atoms with Crippen molar-refractivity contribution in [3.05, 3.63) is 0 Å². The van der Waals surface area contributed by atoms with E-state index in [9.17, 15) is 4.39 Å². The predicted molar refractivity (Wildman–Crippen MR) is 34.4 cm³/mol. The Morgan fingerprint density at radius 2 is 2.40 bits per heavy atom. The minimum Gasteiger partial charge on any atom is -0.394 e. The van der Waals surface area contributed by atoms with Crippen molar-refractivity contribution in [1.82, 2.24) is 5.32 Å². The van der Waals surface area contributed by atoms with Gasteiger partial charge >= 0.3 is 0 Å². The fourth-order valence-electron chi connectivity index (χ4n) is 1.11. The van der Waals surface area contributed by atoms with E-state index >= 15 is 0 Å². The lowest BCUT2D eigenvalue weighted by Gasteiger charge is -2.23. The highest BCUT2D eigenvalue weighted by Crippen LogP contribution is 2.22. The monoisotopic (exact) mass is 149 g/mol. The summed E-state index contributed by atoms with van der Waals surface area (Å²) in [4.78, 5) is 0. The number of rotatable bonds is 1. The van der Waals surface area contributed by atoms with Crippen molar-refractivity contribution in [2.75, 3.05) is 13.2 Å². The number of aliphatic hydroxyl groups excluding tert-OH is 2. The average Bonchev–Trinajstić information content (AvgIpc) is 2.19. The molecule has 0 radical (unpaired) electrons. The summed E-state index contributed by atoms with van der Waals surface area (Å²) >= 11 is 0. The zero-order valence-corrected chi connectivity index (χ0v) is 5.84. The third-order valence-electron chi connectivity index (χ3n) is 1.99. The number of hydrogen-bond donors (Lipinski definition) is 3. The van der Waals surface area contributed by atoms with Gasteiger partial charge in [-0.1, -0.05) is 0 Å². The minimum absolute atomic E-state index is 0.220. The highest BCUT2D eigenvalue weighted by molar-refractivity contribution is 5.01. The van der Waals surface area contributed by atoms with Gasteiger partial charge in [0.2, 0.25) is 0 Å². The first-order chi connectivity index (χ1) is 4.60. The van der Waals surface area contributed by atoms with Crippen molar-refractivity contribution < 1.29 is 14.6 Å². The molecular formula is C6H12FNO2. The predicted octanol–water partition coefficient (Wildman–Crippen LogP) is -0.960. The lowest BCUT2D eigenvalue weighted by atomic mass is 9.99. The van der Waals surface area contributed by atoms with E-state index in [4.69, 9.17) is 10.2 Å². The molecule has 1 rings (SSSR count). The van der Waals surface area contributed by atoms with Crippen LogP contribution in [-0.2, 0) is 0 Å². The van der Waals surface area contributed by atoms with E-state index in [1.54, 1.807) is 6.92 Å². The second-order valence-corrected chi connectivity index (χ2v) is 2.93. The van der Waals surface area contributed by atoms with Crippen molar-refractivity contribution in [3.8, 4) is 0 Å². The summed E-state index contributed by atoms with van der Waals surface area (Å²) < 4.78 is 12.9. The third-order valence-corrected chi connectivity index (χ3v) is 1.99. The van der Waals surface area contributed by atoms with Gasteiger partial charge in [0.1, 0.15) is 6.17 Å². The molecule has 0 aromatic rings. The molecule has 3 N–H and O–H groups in total. The molecule has 0 spiro atoms. The summed E-state index contributed by atoms with van der Waals surface area (Å²) in [6.07, 6.45) is -2.34. The lowest BCUT2D eigenvalue weighted by Crippen LogP contribution is -2.47. The van der Waals surface area contributed by atoms with Crippen LogP contribution in [0.5, 0.6) is 0 Å². The molecule has 1 aliphatic heterocycles. The van der Waals surface area contributed by atoms with Gasteiger partial charge < -0.3 is 15.5 Å². The van der Waals surface area contributed by atoms with Crippen LogP contribution in [0.3, 0.4) is 0 Å². The van der Waals surface area contributed by atoms with Crippen molar-refractivity contribution >= 4 is 0 Å². The second-order valence-electron chi connectivity index (χ2n) is 2.93. The molecule has 1 aliphatic rings. The van der Waals surface area contributed by atoms with Crippen LogP contribution in [0.1, 0.15) is 6.92 Å². The molecule has 60 valence electrons. The number of hydrogen-bond acceptors (Lipinski definition) is 3. The van der Waals surface area contributed by atoms with E-state index in [-0.39, 0.29) is 13.2 Å². The molecule has 0 saturated carbocycles. The molecule has 1 fully saturated rings. The van der Waals surface area contributed by atoms with Crippen molar-refractivity contribution in [3.63, 3.8) is 0 Å². The number of nitrogens with one attached hydrogen (secondary N) is 1. The third kappa shape index (κ3) is 1.02. The SMILES string of the molecule is C[C@@]1(CO)NC[C@H](O)[C@H]1F. The van der Waals surface area contributed by atoms with Crippen LogP contribution in [0.25, 0.3) is 0 Å². The van der Waals surface area contributed by atoms with Gasteiger partial charge in [-0.25, -0.2) is 4.39 Å². The fraction of sp³-hybridized carbons (Fsp3) is 1.00. The number of halogens is 1. The Balaban J connectivity index is 2.64. The molecule has 0 aliphatic carbocycles. The smallest absolute Gasteiger partial charge is 0.147 e. The van der Waals surface area contributed by atoms with E-state index in [1.807, 2.05) is 0 Å². The maximum Gasteiger partial charge on any atom is 0.147 e.